The second-order valence-corrected chi connectivity index (χ2v) is 17.9. The van der Waals surface area contributed by atoms with Crippen molar-refractivity contribution < 1.29 is 4.74 Å². The van der Waals surface area contributed by atoms with Crippen molar-refractivity contribution in [2.75, 3.05) is 21.4 Å². The lowest BCUT2D eigenvalue weighted by Gasteiger charge is -2.28. The van der Waals surface area contributed by atoms with Gasteiger partial charge in [-0.15, -0.1) is 0 Å². The predicted molar refractivity (Wildman–Crippen MR) is 241 cm³/mol. The second-order valence-electron chi connectivity index (χ2n) is 17.9. The van der Waals surface area contributed by atoms with Crippen LogP contribution in [0.15, 0.2) is 146 Å². The van der Waals surface area contributed by atoms with Gasteiger partial charge in [0, 0.05) is 41.3 Å². The predicted octanol–water partition coefficient (Wildman–Crippen LogP) is 14.4. The molecular weight excluding hydrogens is 711 g/mol. The number of anilines is 7. The third kappa shape index (κ3) is 6.66. The fourth-order valence-corrected chi connectivity index (χ4v) is 8.22. The number of hydrogen-bond donors (Lipinski definition) is 0. The molecule has 0 bridgehead atoms. The van der Waals surface area contributed by atoms with E-state index in [2.05, 4.69) is 204 Å². The molecule has 5 aromatic carbocycles. The molecule has 290 valence electrons. The lowest BCUT2D eigenvalue weighted by atomic mass is 9.86. The van der Waals surface area contributed by atoms with Crippen LogP contribution in [0.25, 0.3) is 22.3 Å². The molecule has 0 saturated heterocycles. The molecule has 0 atom stereocenters. The van der Waals surface area contributed by atoms with Gasteiger partial charge in [-0.25, -0.2) is 9.97 Å². The normalized spacial score (nSPS) is 13.5. The summed E-state index contributed by atoms with van der Waals surface area (Å²) in [7, 11) is 0. The zero-order valence-corrected chi connectivity index (χ0v) is 34.8. The van der Waals surface area contributed by atoms with E-state index < -0.39 is 0 Å². The molecule has 0 amide bonds. The standard InChI is InChI=1S/C52H51N5O/c1-34(2)44-28-36(52(6,7)8)32-54-50(44)56-33-55(46-22-13-14-23-47(46)56)37-16-15-17-38(30-37)58-39-24-25-43-41-19-10-9-18-40(41)42-20-11-12-21-45(42)57(48(43)31-39)49-29-35(26-27-53-49)51(3,4)5/h9-32,34H,33H2,1-8H3. The molecule has 4 heterocycles. The van der Waals surface area contributed by atoms with Gasteiger partial charge in [-0.1, -0.05) is 116 Å². The molecule has 0 saturated carbocycles. The van der Waals surface area contributed by atoms with Crippen LogP contribution in [0.2, 0.25) is 0 Å². The molecule has 0 N–H and O–H groups in total. The molecule has 9 rings (SSSR count). The minimum Gasteiger partial charge on any atom is -0.457 e. The van der Waals surface area contributed by atoms with Crippen molar-refractivity contribution in [2.24, 2.45) is 0 Å². The van der Waals surface area contributed by atoms with E-state index >= 15 is 0 Å². The first-order valence-corrected chi connectivity index (χ1v) is 20.4. The number of pyridine rings is 2. The summed E-state index contributed by atoms with van der Waals surface area (Å²) in [6.45, 7) is 18.6. The number of nitrogens with zero attached hydrogens (tertiary/aromatic N) is 5. The largest absolute Gasteiger partial charge is 0.457 e. The van der Waals surface area contributed by atoms with E-state index in [-0.39, 0.29) is 10.8 Å². The van der Waals surface area contributed by atoms with Crippen LogP contribution in [0.1, 0.15) is 78.0 Å². The fraction of sp³-hybridized carbons (Fsp3) is 0.231. The van der Waals surface area contributed by atoms with E-state index in [1.807, 2.05) is 12.3 Å². The van der Waals surface area contributed by atoms with Gasteiger partial charge in [0.1, 0.15) is 29.8 Å². The Morgan fingerprint density at radius 2 is 1.16 bits per heavy atom. The summed E-state index contributed by atoms with van der Waals surface area (Å²) in [4.78, 5) is 17.1. The minimum absolute atomic E-state index is 0.0172. The van der Waals surface area contributed by atoms with Gasteiger partial charge in [0.25, 0.3) is 0 Å². The van der Waals surface area contributed by atoms with Crippen molar-refractivity contribution in [1.29, 1.82) is 0 Å². The summed E-state index contributed by atoms with van der Waals surface area (Å²) in [5, 5.41) is 0. The Morgan fingerprint density at radius 1 is 0.534 bits per heavy atom. The summed E-state index contributed by atoms with van der Waals surface area (Å²) < 4.78 is 6.82. The quantitative estimate of drug-likeness (QED) is 0.168. The highest BCUT2D eigenvalue weighted by atomic mass is 16.5. The van der Waals surface area contributed by atoms with Gasteiger partial charge in [-0.3, -0.25) is 4.90 Å². The molecule has 0 fully saturated rings. The summed E-state index contributed by atoms with van der Waals surface area (Å²) in [5.74, 6) is 3.70. The van der Waals surface area contributed by atoms with Crippen molar-refractivity contribution in [3.8, 4) is 33.8 Å². The SMILES string of the molecule is CC(C)c1cc(C(C)(C)C)cnc1N1CN(c2cccc(Oc3ccc4c(c3)N(c3cc(C(C)(C)C)ccn3)c3ccccc3-c3ccccc3-4)c2)c2ccccc21. The van der Waals surface area contributed by atoms with Crippen LogP contribution >= 0.6 is 0 Å². The number of hydrogen-bond acceptors (Lipinski definition) is 6. The van der Waals surface area contributed by atoms with Crippen LogP contribution in [0.3, 0.4) is 0 Å². The number of para-hydroxylation sites is 3. The van der Waals surface area contributed by atoms with Crippen LogP contribution in [-0.2, 0) is 10.8 Å². The number of aromatic nitrogens is 2. The van der Waals surface area contributed by atoms with Crippen LogP contribution in [0, 0.1) is 0 Å². The summed E-state index contributed by atoms with van der Waals surface area (Å²) in [6, 6.07) is 47.5. The van der Waals surface area contributed by atoms with Crippen LogP contribution in [0.5, 0.6) is 11.5 Å². The molecule has 0 radical (unpaired) electrons. The average Bonchev–Trinajstić information content (AvgIpc) is 3.55. The lowest BCUT2D eigenvalue weighted by molar-refractivity contribution is 0.483. The zero-order valence-electron chi connectivity index (χ0n) is 34.8. The minimum atomic E-state index is -0.0399. The summed E-state index contributed by atoms with van der Waals surface area (Å²) in [6.07, 6.45) is 3.98. The molecule has 6 nitrogen and oxygen atoms in total. The van der Waals surface area contributed by atoms with E-state index in [1.165, 1.54) is 27.8 Å². The van der Waals surface area contributed by atoms with Gasteiger partial charge in [-0.05, 0) is 105 Å². The third-order valence-corrected chi connectivity index (χ3v) is 11.5. The van der Waals surface area contributed by atoms with Crippen LogP contribution in [0.4, 0.5) is 40.1 Å². The smallest absolute Gasteiger partial charge is 0.137 e. The van der Waals surface area contributed by atoms with Gasteiger partial charge in [0.05, 0.1) is 22.7 Å². The number of rotatable bonds is 6. The van der Waals surface area contributed by atoms with Crippen molar-refractivity contribution in [1.82, 2.24) is 9.97 Å². The van der Waals surface area contributed by atoms with Crippen molar-refractivity contribution in [2.45, 2.75) is 72.1 Å². The van der Waals surface area contributed by atoms with Gasteiger partial charge < -0.3 is 14.5 Å². The maximum absolute atomic E-state index is 6.82. The van der Waals surface area contributed by atoms with Gasteiger partial charge in [-0.2, -0.15) is 0 Å². The van der Waals surface area contributed by atoms with E-state index in [4.69, 9.17) is 14.7 Å². The number of ether oxygens (including phenoxy) is 1. The van der Waals surface area contributed by atoms with Crippen LogP contribution in [-0.4, -0.2) is 16.6 Å². The topological polar surface area (TPSA) is 44.7 Å². The highest BCUT2D eigenvalue weighted by Crippen LogP contribution is 2.52. The van der Waals surface area contributed by atoms with E-state index in [9.17, 15) is 0 Å². The van der Waals surface area contributed by atoms with Crippen molar-refractivity contribution >= 4 is 40.1 Å². The molecule has 6 heteroatoms. The highest BCUT2D eigenvalue weighted by Gasteiger charge is 2.32. The Morgan fingerprint density at radius 3 is 1.84 bits per heavy atom. The Bertz CT molecular complexity index is 2670. The molecule has 2 aliphatic heterocycles. The Hall–Kier alpha value is -6.40. The first-order valence-electron chi connectivity index (χ1n) is 20.4. The number of benzene rings is 5. The molecule has 0 spiro atoms. The third-order valence-electron chi connectivity index (χ3n) is 11.5. The van der Waals surface area contributed by atoms with Gasteiger partial charge >= 0.3 is 0 Å². The second kappa shape index (κ2) is 14.2. The molecule has 58 heavy (non-hydrogen) atoms. The van der Waals surface area contributed by atoms with Gasteiger partial charge in [0.15, 0.2) is 0 Å². The maximum atomic E-state index is 6.82. The maximum Gasteiger partial charge on any atom is 0.137 e. The van der Waals surface area contributed by atoms with E-state index in [1.54, 1.807) is 0 Å². The summed E-state index contributed by atoms with van der Waals surface area (Å²) in [5.41, 5.74) is 13.8. The highest BCUT2D eigenvalue weighted by molar-refractivity contribution is 6.02. The molecular formula is C52H51N5O. The molecule has 7 aromatic rings. The summed E-state index contributed by atoms with van der Waals surface area (Å²) >= 11 is 0. The van der Waals surface area contributed by atoms with Crippen LogP contribution < -0.4 is 19.4 Å². The molecule has 0 unspecified atom stereocenters. The van der Waals surface area contributed by atoms with Crippen molar-refractivity contribution in [3.05, 3.63) is 163 Å². The Labute approximate surface area is 343 Å². The first-order chi connectivity index (χ1) is 27.8. The van der Waals surface area contributed by atoms with Gasteiger partial charge in [0.2, 0.25) is 0 Å². The number of fused-ring (bicyclic) bond motifs is 6. The monoisotopic (exact) mass is 761 g/mol. The molecule has 0 aliphatic carbocycles. The first kappa shape index (κ1) is 37.2. The van der Waals surface area contributed by atoms with E-state index in [0.717, 1.165) is 62.7 Å². The Balaban J connectivity index is 1.10. The zero-order chi connectivity index (χ0) is 40.3. The molecule has 2 aromatic heterocycles. The fourth-order valence-electron chi connectivity index (χ4n) is 8.22. The molecule has 2 aliphatic rings. The average molecular weight is 762 g/mol. The lowest BCUT2D eigenvalue weighted by Crippen LogP contribution is -2.26. The van der Waals surface area contributed by atoms with E-state index in [0.29, 0.717) is 12.6 Å². The van der Waals surface area contributed by atoms with Crippen molar-refractivity contribution in [3.63, 3.8) is 0 Å². The Kier molecular flexibility index (Phi) is 9.11.